The van der Waals surface area contributed by atoms with Crippen molar-refractivity contribution < 1.29 is 9.59 Å². The number of hydrogen-bond acceptors (Lipinski definition) is 6. The van der Waals surface area contributed by atoms with E-state index in [2.05, 4.69) is 20.0 Å². The molecule has 1 atom stereocenters. The Balaban J connectivity index is 2.25. The van der Waals surface area contributed by atoms with Gasteiger partial charge in [-0.1, -0.05) is 11.2 Å². The van der Waals surface area contributed by atoms with Crippen LogP contribution >= 0.6 is 11.3 Å². The maximum Gasteiger partial charge on any atom is 0.193 e. The second-order valence-electron chi connectivity index (χ2n) is 4.09. The van der Waals surface area contributed by atoms with E-state index >= 15 is 0 Å². The Morgan fingerprint density at radius 3 is 2.86 bits per heavy atom. The maximum atomic E-state index is 12.4. The average molecular weight is 301 g/mol. The van der Waals surface area contributed by atoms with E-state index in [9.17, 15) is 9.59 Å². The lowest BCUT2D eigenvalue weighted by molar-refractivity contribution is 0.0800. The van der Waals surface area contributed by atoms with Crippen LogP contribution in [0.15, 0.2) is 41.2 Å². The summed E-state index contributed by atoms with van der Waals surface area (Å²) in [6.07, 6.45) is 4.32. The molecule has 0 aliphatic heterocycles. The molecule has 0 bridgehead atoms. The van der Waals surface area contributed by atoms with Gasteiger partial charge >= 0.3 is 0 Å². The van der Waals surface area contributed by atoms with Crippen LogP contribution in [0.1, 0.15) is 26.6 Å². The highest BCUT2D eigenvalue weighted by Gasteiger charge is 2.29. The van der Waals surface area contributed by atoms with Crippen LogP contribution in [0.3, 0.4) is 0 Å². The molecule has 2 rings (SSSR count). The summed E-state index contributed by atoms with van der Waals surface area (Å²) in [5, 5.41) is 5.16. The first kappa shape index (κ1) is 14.8. The van der Waals surface area contributed by atoms with E-state index in [0.717, 1.165) is 0 Å². The second-order valence-corrected chi connectivity index (χ2v) is 5.04. The fraction of sp³-hybridized carbons (Fsp3) is 0.231. The summed E-state index contributed by atoms with van der Waals surface area (Å²) in [5.74, 6) is -1.60. The Kier molecular flexibility index (Phi) is 5.14. The van der Waals surface area contributed by atoms with Crippen molar-refractivity contribution in [1.82, 2.24) is 9.97 Å². The minimum absolute atomic E-state index is 0.0737. The number of aromatic nitrogens is 2. The van der Waals surface area contributed by atoms with Crippen LogP contribution in [0.5, 0.6) is 0 Å². The summed E-state index contributed by atoms with van der Waals surface area (Å²) in [5.41, 5.74) is 8.46. The maximum absolute atomic E-state index is 12.4. The van der Waals surface area contributed by atoms with Gasteiger partial charge in [0.25, 0.3) is 0 Å². The number of ketones is 2. The van der Waals surface area contributed by atoms with Gasteiger partial charge in [-0.25, -0.2) is 4.98 Å². The molecule has 0 saturated carbocycles. The zero-order valence-corrected chi connectivity index (χ0v) is 11.7. The number of azide groups is 1. The van der Waals surface area contributed by atoms with Gasteiger partial charge in [0.15, 0.2) is 11.6 Å². The quantitative estimate of drug-likeness (QED) is 0.257. The average Bonchev–Trinajstić information content (AvgIpc) is 3.06. The van der Waals surface area contributed by atoms with Gasteiger partial charge in [-0.15, -0.1) is 11.3 Å². The monoisotopic (exact) mass is 301 g/mol. The molecule has 0 fully saturated rings. The largest absolute Gasteiger partial charge is 0.292 e. The van der Waals surface area contributed by atoms with Crippen LogP contribution in [0.25, 0.3) is 10.4 Å². The molecule has 0 saturated heterocycles. The molecule has 0 aliphatic carbocycles. The number of carbonyl (C=O) groups is 2. The molecular weight excluding hydrogens is 290 g/mol. The highest BCUT2D eigenvalue weighted by molar-refractivity contribution is 7.12. The van der Waals surface area contributed by atoms with Crippen molar-refractivity contribution in [2.24, 2.45) is 11.0 Å². The summed E-state index contributed by atoms with van der Waals surface area (Å²) >= 11 is 1.27. The smallest absolute Gasteiger partial charge is 0.193 e. The van der Waals surface area contributed by atoms with Gasteiger partial charge in [0.05, 0.1) is 17.0 Å². The Bertz CT molecular complexity index is 665. The van der Waals surface area contributed by atoms with Gasteiger partial charge in [0.2, 0.25) is 0 Å². The SMILES string of the molecule is [N-]=[N+]=NCCC(C(=O)c1cnccn1)C(=O)c1cccs1. The first-order valence-corrected chi connectivity index (χ1v) is 7.01. The number of nitrogens with zero attached hydrogens (tertiary/aromatic N) is 5. The van der Waals surface area contributed by atoms with Crippen molar-refractivity contribution in [1.29, 1.82) is 0 Å². The molecule has 2 aromatic rings. The first-order chi connectivity index (χ1) is 10.2. The summed E-state index contributed by atoms with van der Waals surface area (Å²) < 4.78 is 0. The summed E-state index contributed by atoms with van der Waals surface area (Å²) in [4.78, 5) is 35.7. The van der Waals surface area contributed by atoms with Crippen molar-refractivity contribution in [3.05, 3.63) is 57.1 Å². The zero-order valence-electron chi connectivity index (χ0n) is 10.9. The molecule has 0 aliphatic rings. The standard InChI is InChI=1S/C13H11N5O2S/c14-18-17-4-3-9(13(20)11-2-1-7-21-11)12(19)10-8-15-5-6-16-10/h1-2,5-9H,3-4H2. The van der Waals surface area contributed by atoms with E-state index in [1.807, 2.05) is 0 Å². The molecule has 0 aromatic carbocycles. The zero-order chi connectivity index (χ0) is 15.1. The fourth-order valence-electron chi connectivity index (χ4n) is 1.81. The van der Waals surface area contributed by atoms with E-state index in [1.165, 1.54) is 29.9 Å². The third-order valence-electron chi connectivity index (χ3n) is 2.79. The predicted octanol–water partition coefficient (Wildman–Crippen LogP) is 2.92. The molecular formula is C13H11N5O2S. The van der Waals surface area contributed by atoms with Crippen molar-refractivity contribution in [3.63, 3.8) is 0 Å². The normalized spacial score (nSPS) is 11.4. The lowest BCUT2D eigenvalue weighted by atomic mass is 9.92. The van der Waals surface area contributed by atoms with E-state index < -0.39 is 11.7 Å². The second kappa shape index (κ2) is 7.28. The van der Waals surface area contributed by atoms with Gasteiger partial charge < -0.3 is 0 Å². The lowest BCUT2D eigenvalue weighted by Crippen LogP contribution is -2.25. The number of Topliss-reactive ketones (excluding diaryl/α,β-unsaturated/α-hetero) is 2. The Morgan fingerprint density at radius 2 is 2.24 bits per heavy atom. The molecule has 0 N–H and O–H groups in total. The first-order valence-electron chi connectivity index (χ1n) is 6.13. The lowest BCUT2D eigenvalue weighted by Gasteiger charge is -2.12. The van der Waals surface area contributed by atoms with E-state index in [0.29, 0.717) is 4.88 Å². The van der Waals surface area contributed by atoms with Crippen LogP contribution in [-0.4, -0.2) is 28.1 Å². The summed E-state index contributed by atoms with van der Waals surface area (Å²) in [6.45, 7) is 0.0737. The number of hydrogen-bond donors (Lipinski definition) is 0. The van der Waals surface area contributed by atoms with Crippen molar-refractivity contribution in [2.75, 3.05) is 6.54 Å². The van der Waals surface area contributed by atoms with E-state index in [4.69, 9.17) is 5.53 Å². The third-order valence-corrected chi connectivity index (χ3v) is 3.68. The minimum Gasteiger partial charge on any atom is -0.292 e. The molecule has 8 heteroatoms. The summed E-state index contributed by atoms with van der Waals surface area (Å²) in [7, 11) is 0. The highest BCUT2D eigenvalue weighted by atomic mass is 32.1. The molecule has 1 unspecified atom stereocenters. The van der Waals surface area contributed by atoms with Gasteiger partial charge in [-0.3, -0.25) is 14.6 Å². The molecule has 2 heterocycles. The molecule has 0 amide bonds. The van der Waals surface area contributed by atoms with Gasteiger partial charge in [0, 0.05) is 23.9 Å². The van der Waals surface area contributed by atoms with Gasteiger partial charge in [-0.2, -0.15) is 0 Å². The fourth-order valence-corrected chi connectivity index (χ4v) is 2.53. The molecule has 2 aromatic heterocycles. The minimum atomic E-state index is -0.911. The van der Waals surface area contributed by atoms with Crippen LogP contribution in [0.2, 0.25) is 0 Å². The predicted molar refractivity (Wildman–Crippen MR) is 77.1 cm³/mol. The van der Waals surface area contributed by atoms with Gasteiger partial charge in [-0.05, 0) is 23.4 Å². The molecule has 106 valence electrons. The number of carbonyl (C=O) groups excluding carboxylic acids is 2. The van der Waals surface area contributed by atoms with E-state index in [-0.39, 0.29) is 24.4 Å². The van der Waals surface area contributed by atoms with Crippen LogP contribution in [0.4, 0.5) is 0 Å². The molecule has 7 nitrogen and oxygen atoms in total. The van der Waals surface area contributed by atoms with Crippen LogP contribution < -0.4 is 0 Å². The van der Waals surface area contributed by atoms with Crippen LogP contribution in [-0.2, 0) is 0 Å². The third kappa shape index (κ3) is 3.71. The Hall–Kier alpha value is -2.57. The summed E-state index contributed by atoms with van der Waals surface area (Å²) in [6, 6.07) is 3.41. The molecule has 0 spiro atoms. The van der Waals surface area contributed by atoms with Crippen molar-refractivity contribution in [3.8, 4) is 0 Å². The number of thiophene rings is 1. The van der Waals surface area contributed by atoms with Crippen molar-refractivity contribution >= 4 is 22.9 Å². The molecule has 21 heavy (non-hydrogen) atoms. The van der Waals surface area contributed by atoms with Crippen LogP contribution in [0, 0.1) is 5.92 Å². The van der Waals surface area contributed by atoms with E-state index in [1.54, 1.807) is 17.5 Å². The topological polar surface area (TPSA) is 109 Å². The number of rotatable bonds is 7. The van der Waals surface area contributed by atoms with Gasteiger partial charge in [0.1, 0.15) is 5.69 Å². The Labute approximate surface area is 124 Å². The molecule has 0 radical (unpaired) electrons. The highest BCUT2D eigenvalue weighted by Crippen LogP contribution is 2.20. The Morgan fingerprint density at radius 1 is 1.38 bits per heavy atom. The van der Waals surface area contributed by atoms with Crippen molar-refractivity contribution in [2.45, 2.75) is 6.42 Å².